The molecular formula is C27H47NO4. The van der Waals surface area contributed by atoms with E-state index < -0.39 is 0 Å². The molecule has 0 aromatic rings. The summed E-state index contributed by atoms with van der Waals surface area (Å²) in [6.45, 7) is 8.27. The van der Waals surface area contributed by atoms with E-state index in [2.05, 4.69) is 26.1 Å². The van der Waals surface area contributed by atoms with Crippen LogP contribution in [-0.2, 0) is 9.53 Å². The van der Waals surface area contributed by atoms with Crippen molar-refractivity contribution in [2.75, 3.05) is 20.3 Å². The fraction of sp³-hybridized carbons (Fsp3) is 0.963. The lowest BCUT2D eigenvalue weighted by Crippen LogP contribution is -2.59. The first-order valence-corrected chi connectivity index (χ1v) is 13.3. The number of aliphatic hydroxyl groups excluding tert-OH is 2. The minimum Gasteiger partial charge on any atom is -0.469 e. The minimum atomic E-state index is -0.177. The van der Waals surface area contributed by atoms with Crippen molar-refractivity contribution in [2.45, 2.75) is 97.1 Å². The van der Waals surface area contributed by atoms with E-state index in [1.165, 1.54) is 45.6 Å². The lowest BCUT2D eigenvalue weighted by molar-refractivity contribution is -0.167. The second-order valence-corrected chi connectivity index (χ2v) is 12.3. The molecule has 4 rings (SSSR count). The highest BCUT2D eigenvalue weighted by Crippen LogP contribution is 2.68. The zero-order chi connectivity index (χ0) is 23.1. The van der Waals surface area contributed by atoms with Crippen molar-refractivity contribution in [3.8, 4) is 0 Å². The molecule has 10 atom stereocenters. The molecule has 4 fully saturated rings. The molecular weight excluding hydrogens is 402 g/mol. The first-order valence-electron chi connectivity index (χ1n) is 13.3. The first kappa shape index (κ1) is 24.5. The third-order valence-electron chi connectivity index (χ3n) is 11.0. The van der Waals surface area contributed by atoms with Crippen molar-refractivity contribution in [1.82, 2.24) is 5.32 Å². The quantitative estimate of drug-likeness (QED) is 0.509. The van der Waals surface area contributed by atoms with Crippen LogP contribution >= 0.6 is 0 Å². The van der Waals surface area contributed by atoms with Crippen molar-refractivity contribution in [3.05, 3.63) is 0 Å². The number of fused-ring (bicyclic) bond motifs is 5. The molecule has 4 aliphatic rings. The highest BCUT2D eigenvalue weighted by Gasteiger charge is 2.62. The van der Waals surface area contributed by atoms with Crippen LogP contribution in [0.5, 0.6) is 0 Å². The van der Waals surface area contributed by atoms with Crippen molar-refractivity contribution >= 4 is 5.97 Å². The molecule has 32 heavy (non-hydrogen) atoms. The molecule has 0 spiro atoms. The third-order valence-corrected chi connectivity index (χ3v) is 11.0. The lowest BCUT2D eigenvalue weighted by atomic mass is 9.43. The number of rotatable bonds is 7. The van der Waals surface area contributed by atoms with Crippen LogP contribution in [0.4, 0.5) is 0 Å². The van der Waals surface area contributed by atoms with E-state index in [-0.39, 0.29) is 18.7 Å². The number of aliphatic hydroxyl groups is 2. The minimum absolute atomic E-state index is 0.0917. The SMILES string of the molecule is COC(=O)CC[C@@H](C)[C@H]1CCC2C3C(CC[C@@]21C)[C@@]1(C)CCC(NCCO)C[C@H]1C[C@H]3O. The molecule has 0 saturated heterocycles. The van der Waals surface area contributed by atoms with E-state index in [4.69, 9.17) is 4.74 Å². The van der Waals surface area contributed by atoms with Crippen LogP contribution in [0, 0.1) is 46.3 Å². The average Bonchev–Trinajstić information content (AvgIpc) is 3.13. The molecule has 184 valence electrons. The van der Waals surface area contributed by atoms with Crippen LogP contribution in [0.3, 0.4) is 0 Å². The van der Waals surface area contributed by atoms with Crippen LogP contribution in [0.15, 0.2) is 0 Å². The number of methoxy groups -OCH3 is 1. The monoisotopic (exact) mass is 449 g/mol. The predicted octanol–water partition coefficient (Wildman–Crippen LogP) is 4.16. The van der Waals surface area contributed by atoms with Gasteiger partial charge < -0.3 is 20.3 Å². The van der Waals surface area contributed by atoms with Gasteiger partial charge in [0.2, 0.25) is 0 Å². The van der Waals surface area contributed by atoms with Gasteiger partial charge in [-0.3, -0.25) is 4.79 Å². The fourth-order valence-corrected chi connectivity index (χ4v) is 9.30. The number of nitrogens with one attached hydrogen (secondary N) is 1. The lowest BCUT2D eigenvalue weighted by Gasteiger charge is -2.62. The van der Waals surface area contributed by atoms with Crippen LogP contribution in [0.2, 0.25) is 0 Å². The second kappa shape index (κ2) is 9.54. The molecule has 0 bridgehead atoms. The molecule has 0 radical (unpaired) electrons. The molecule has 0 amide bonds. The van der Waals surface area contributed by atoms with Crippen molar-refractivity contribution < 1.29 is 19.7 Å². The van der Waals surface area contributed by atoms with E-state index in [9.17, 15) is 15.0 Å². The Morgan fingerprint density at radius 1 is 1.09 bits per heavy atom. The summed E-state index contributed by atoms with van der Waals surface area (Å²) in [5.41, 5.74) is 0.637. The summed E-state index contributed by atoms with van der Waals surface area (Å²) in [7, 11) is 1.48. The Balaban J connectivity index is 1.48. The fourth-order valence-electron chi connectivity index (χ4n) is 9.30. The number of hydrogen-bond donors (Lipinski definition) is 3. The maximum Gasteiger partial charge on any atom is 0.305 e. The summed E-state index contributed by atoms with van der Waals surface area (Å²) in [5, 5.41) is 24.2. The smallest absolute Gasteiger partial charge is 0.305 e. The van der Waals surface area contributed by atoms with Crippen LogP contribution in [-0.4, -0.2) is 48.6 Å². The standard InChI is InChI=1S/C27H47NO4/c1-17(5-8-24(31)32-4)20-6-7-21-25-22(10-12-27(20,21)3)26(2)11-9-19(28-13-14-29)15-18(26)16-23(25)30/h17-23,25,28-30H,5-16H2,1-4H3/t17-,18+,19?,20-,21?,22?,23-,25?,26+,27-/m1/s1. The molecule has 0 aromatic carbocycles. The molecule has 0 aliphatic heterocycles. The molecule has 5 nitrogen and oxygen atoms in total. The molecule has 3 N–H and O–H groups in total. The van der Waals surface area contributed by atoms with E-state index >= 15 is 0 Å². The highest BCUT2D eigenvalue weighted by molar-refractivity contribution is 5.69. The molecule has 5 heteroatoms. The summed E-state index contributed by atoms with van der Waals surface area (Å²) >= 11 is 0. The van der Waals surface area contributed by atoms with Gasteiger partial charge in [0.05, 0.1) is 19.8 Å². The largest absolute Gasteiger partial charge is 0.469 e. The average molecular weight is 450 g/mol. The van der Waals surface area contributed by atoms with E-state index in [1.54, 1.807) is 0 Å². The zero-order valence-corrected chi connectivity index (χ0v) is 20.8. The normalized spacial score (nSPS) is 46.6. The van der Waals surface area contributed by atoms with Gasteiger partial charge >= 0.3 is 5.97 Å². The van der Waals surface area contributed by atoms with Crippen LogP contribution < -0.4 is 5.32 Å². The van der Waals surface area contributed by atoms with Gasteiger partial charge in [-0.2, -0.15) is 0 Å². The Bertz CT molecular complexity index is 670. The van der Waals surface area contributed by atoms with Gasteiger partial charge in [-0.05, 0) is 104 Å². The third kappa shape index (κ3) is 4.15. The van der Waals surface area contributed by atoms with Gasteiger partial charge in [0.15, 0.2) is 0 Å². The Morgan fingerprint density at radius 2 is 1.81 bits per heavy atom. The predicted molar refractivity (Wildman–Crippen MR) is 126 cm³/mol. The van der Waals surface area contributed by atoms with Gasteiger partial charge in [0.25, 0.3) is 0 Å². The Morgan fingerprint density at radius 3 is 2.53 bits per heavy atom. The second-order valence-electron chi connectivity index (χ2n) is 12.3. The van der Waals surface area contributed by atoms with Gasteiger partial charge in [-0.25, -0.2) is 0 Å². The molecule has 4 aliphatic carbocycles. The topological polar surface area (TPSA) is 78.8 Å². The summed E-state index contributed by atoms with van der Waals surface area (Å²) in [5.74, 6) is 3.36. The molecule has 4 saturated carbocycles. The van der Waals surface area contributed by atoms with Gasteiger partial charge in [-0.1, -0.05) is 20.8 Å². The van der Waals surface area contributed by atoms with E-state index in [0.29, 0.717) is 65.3 Å². The molecule has 0 heterocycles. The van der Waals surface area contributed by atoms with Crippen molar-refractivity contribution in [2.24, 2.45) is 46.3 Å². The zero-order valence-electron chi connectivity index (χ0n) is 20.8. The van der Waals surface area contributed by atoms with E-state index in [1.807, 2.05) is 0 Å². The Labute approximate surface area is 195 Å². The summed E-state index contributed by atoms with van der Waals surface area (Å²) in [6, 6.07) is 0.490. The number of carbonyl (C=O) groups is 1. The van der Waals surface area contributed by atoms with Crippen molar-refractivity contribution in [1.29, 1.82) is 0 Å². The summed E-state index contributed by atoms with van der Waals surface area (Å²) in [6.07, 6.45) is 10.8. The van der Waals surface area contributed by atoms with Gasteiger partial charge in [0.1, 0.15) is 0 Å². The number of esters is 1. The summed E-state index contributed by atoms with van der Waals surface area (Å²) < 4.78 is 4.88. The number of hydrogen-bond acceptors (Lipinski definition) is 5. The van der Waals surface area contributed by atoms with Gasteiger partial charge in [-0.15, -0.1) is 0 Å². The van der Waals surface area contributed by atoms with E-state index in [0.717, 1.165) is 19.3 Å². The van der Waals surface area contributed by atoms with Crippen LogP contribution in [0.1, 0.15) is 85.0 Å². The number of carbonyl (C=O) groups excluding carboxylic acids is 1. The van der Waals surface area contributed by atoms with Crippen LogP contribution in [0.25, 0.3) is 0 Å². The maximum atomic E-state index is 11.7. The highest BCUT2D eigenvalue weighted by atomic mass is 16.5. The molecule has 4 unspecified atom stereocenters. The summed E-state index contributed by atoms with van der Waals surface area (Å²) in [4.78, 5) is 11.7. The van der Waals surface area contributed by atoms with Crippen molar-refractivity contribution in [3.63, 3.8) is 0 Å². The molecule has 0 aromatic heterocycles. The van der Waals surface area contributed by atoms with Gasteiger partial charge in [0, 0.05) is 19.0 Å². The Hall–Kier alpha value is -0.650. The first-order chi connectivity index (χ1) is 15.2. The number of ether oxygens (including phenoxy) is 1. The Kier molecular flexibility index (Phi) is 7.30. The maximum absolute atomic E-state index is 11.7.